The Morgan fingerprint density at radius 1 is 1.35 bits per heavy atom. The lowest BCUT2D eigenvalue weighted by Crippen LogP contribution is -2.49. The molecule has 1 heterocycles. The van der Waals surface area contributed by atoms with Gasteiger partial charge in [-0.3, -0.25) is 4.79 Å². The molecule has 2 atom stereocenters. The second kappa shape index (κ2) is 6.97. The van der Waals surface area contributed by atoms with Crippen LogP contribution in [0.2, 0.25) is 0 Å². The lowest BCUT2D eigenvalue weighted by Gasteiger charge is -2.36. The molecule has 126 valence electrons. The highest BCUT2D eigenvalue weighted by Crippen LogP contribution is 2.36. The summed E-state index contributed by atoms with van der Waals surface area (Å²) in [6.07, 6.45) is 3.53. The van der Waals surface area contributed by atoms with E-state index < -0.39 is 5.41 Å². The number of hydrogen-bond acceptors (Lipinski definition) is 3. The summed E-state index contributed by atoms with van der Waals surface area (Å²) in [7, 11) is 0. The van der Waals surface area contributed by atoms with Crippen LogP contribution in [0.15, 0.2) is 24.3 Å². The Morgan fingerprint density at radius 3 is 2.78 bits per heavy atom. The fourth-order valence-corrected chi connectivity index (χ4v) is 3.80. The van der Waals surface area contributed by atoms with Gasteiger partial charge in [-0.2, -0.15) is 0 Å². The Morgan fingerprint density at radius 2 is 2.13 bits per heavy atom. The summed E-state index contributed by atoms with van der Waals surface area (Å²) in [5.41, 5.74) is -0.0190. The number of carbonyl (C=O) groups is 1. The third-order valence-electron chi connectivity index (χ3n) is 5.30. The molecule has 2 unspecified atom stereocenters. The van der Waals surface area contributed by atoms with Crippen molar-refractivity contribution < 1.29 is 19.0 Å². The first kappa shape index (κ1) is 16.4. The molecule has 0 aromatic heterocycles. The van der Waals surface area contributed by atoms with Gasteiger partial charge in [0.2, 0.25) is 5.91 Å². The molecule has 4 nitrogen and oxygen atoms in total. The van der Waals surface area contributed by atoms with Gasteiger partial charge in [-0.05, 0) is 43.4 Å². The van der Waals surface area contributed by atoms with Crippen LogP contribution in [0, 0.1) is 11.7 Å². The highest BCUT2D eigenvalue weighted by molar-refractivity contribution is 5.88. The summed E-state index contributed by atoms with van der Waals surface area (Å²) in [6, 6.07) is 6.31. The molecular formula is C18H24FNO3. The normalized spacial score (nSPS) is 26.9. The van der Waals surface area contributed by atoms with E-state index in [2.05, 4.69) is 5.32 Å². The van der Waals surface area contributed by atoms with Crippen LogP contribution in [0.5, 0.6) is 0 Å². The van der Waals surface area contributed by atoms with Gasteiger partial charge in [0.05, 0.1) is 11.5 Å². The average molecular weight is 321 g/mol. The van der Waals surface area contributed by atoms with Crippen molar-refractivity contribution in [1.82, 2.24) is 5.32 Å². The highest BCUT2D eigenvalue weighted by Gasteiger charge is 2.42. The van der Waals surface area contributed by atoms with E-state index >= 15 is 0 Å². The third-order valence-corrected chi connectivity index (χ3v) is 5.30. The summed E-state index contributed by atoms with van der Waals surface area (Å²) >= 11 is 0. The van der Waals surface area contributed by atoms with Crippen LogP contribution in [0.3, 0.4) is 0 Å². The number of rotatable bonds is 4. The average Bonchev–Trinajstić information content (AvgIpc) is 2.98. The van der Waals surface area contributed by atoms with Gasteiger partial charge in [-0.1, -0.05) is 18.6 Å². The number of benzene rings is 1. The quantitative estimate of drug-likeness (QED) is 0.893. The third kappa shape index (κ3) is 3.40. The van der Waals surface area contributed by atoms with E-state index in [0.29, 0.717) is 38.2 Å². The second-order valence-corrected chi connectivity index (χ2v) is 6.67. The van der Waals surface area contributed by atoms with Crippen molar-refractivity contribution in [3.63, 3.8) is 0 Å². The number of hydrogen-bond donors (Lipinski definition) is 2. The maximum atomic E-state index is 13.6. The Hall–Kier alpha value is -1.46. The van der Waals surface area contributed by atoms with Crippen molar-refractivity contribution in [3.8, 4) is 0 Å². The van der Waals surface area contributed by atoms with Crippen molar-refractivity contribution in [3.05, 3.63) is 35.6 Å². The first-order chi connectivity index (χ1) is 11.1. The van der Waals surface area contributed by atoms with Gasteiger partial charge in [-0.15, -0.1) is 0 Å². The van der Waals surface area contributed by atoms with E-state index in [4.69, 9.17) is 4.74 Å². The van der Waals surface area contributed by atoms with Crippen molar-refractivity contribution in [2.24, 2.45) is 5.92 Å². The fourth-order valence-electron chi connectivity index (χ4n) is 3.80. The zero-order valence-electron chi connectivity index (χ0n) is 13.3. The zero-order chi connectivity index (χ0) is 16.3. The first-order valence-corrected chi connectivity index (χ1v) is 8.42. The van der Waals surface area contributed by atoms with Gasteiger partial charge in [0.15, 0.2) is 0 Å². The Bertz CT molecular complexity index is 557. The second-order valence-electron chi connectivity index (χ2n) is 6.67. The topological polar surface area (TPSA) is 58.6 Å². The van der Waals surface area contributed by atoms with Gasteiger partial charge in [-0.25, -0.2) is 4.39 Å². The molecule has 1 amide bonds. The van der Waals surface area contributed by atoms with E-state index in [1.165, 1.54) is 12.1 Å². The van der Waals surface area contributed by atoms with Crippen molar-refractivity contribution >= 4 is 5.91 Å². The molecule has 0 radical (unpaired) electrons. The SMILES string of the molecule is O=C(NCC1CCCC1O)C1(c2cccc(F)c2)CCOCC1. The predicted octanol–water partition coefficient (Wildman–Crippen LogP) is 2.15. The van der Waals surface area contributed by atoms with Crippen molar-refractivity contribution in [2.45, 2.75) is 43.6 Å². The molecule has 23 heavy (non-hydrogen) atoms. The standard InChI is InChI=1S/C18H24FNO3/c19-15-5-2-4-14(11-15)18(7-9-23-10-8-18)17(22)20-12-13-3-1-6-16(13)21/h2,4-5,11,13,16,21H,1,3,6-10,12H2,(H,20,22). The van der Waals surface area contributed by atoms with Crippen LogP contribution in [0.25, 0.3) is 0 Å². The number of nitrogens with one attached hydrogen (secondary N) is 1. The molecule has 1 saturated heterocycles. The number of carbonyl (C=O) groups excluding carboxylic acids is 1. The molecule has 2 fully saturated rings. The van der Waals surface area contributed by atoms with Gasteiger partial charge in [0, 0.05) is 25.7 Å². The predicted molar refractivity (Wildman–Crippen MR) is 84.5 cm³/mol. The fraction of sp³-hybridized carbons (Fsp3) is 0.611. The molecule has 1 aromatic rings. The highest BCUT2D eigenvalue weighted by atomic mass is 19.1. The zero-order valence-corrected chi connectivity index (χ0v) is 13.3. The van der Waals surface area contributed by atoms with E-state index in [1.807, 2.05) is 6.07 Å². The van der Waals surface area contributed by atoms with Crippen LogP contribution in [0.1, 0.15) is 37.7 Å². The van der Waals surface area contributed by atoms with Crippen molar-refractivity contribution in [1.29, 1.82) is 0 Å². The number of aliphatic hydroxyl groups is 1. The molecule has 0 bridgehead atoms. The van der Waals surface area contributed by atoms with Crippen LogP contribution in [-0.2, 0) is 14.9 Å². The monoisotopic (exact) mass is 321 g/mol. The summed E-state index contributed by atoms with van der Waals surface area (Å²) in [4.78, 5) is 12.9. The van der Waals surface area contributed by atoms with E-state index in [-0.39, 0.29) is 23.7 Å². The molecule has 5 heteroatoms. The summed E-state index contributed by atoms with van der Waals surface area (Å²) in [6.45, 7) is 1.48. The molecule has 1 aliphatic carbocycles. The molecule has 1 aromatic carbocycles. The number of halogens is 1. The van der Waals surface area contributed by atoms with Crippen molar-refractivity contribution in [2.75, 3.05) is 19.8 Å². The first-order valence-electron chi connectivity index (χ1n) is 8.42. The lowest BCUT2D eigenvalue weighted by molar-refractivity contribution is -0.130. The minimum absolute atomic E-state index is 0.0782. The lowest BCUT2D eigenvalue weighted by atomic mass is 9.73. The number of amides is 1. The Balaban J connectivity index is 1.76. The largest absolute Gasteiger partial charge is 0.393 e. The molecule has 3 rings (SSSR count). The minimum Gasteiger partial charge on any atom is -0.393 e. The summed E-state index contributed by atoms with van der Waals surface area (Å²) < 4.78 is 19.1. The Labute approximate surface area is 136 Å². The smallest absolute Gasteiger partial charge is 0.230 e. The number of ether oxygens (including phenoxy) is 1. The van der Waals surface area contributed by atoms with E-state index in [1.54, 1.807) is 6.07 Å². The van der Waals surface area contributed by atoms with Crippen LogP contribution >= 0.6 is 0 Å². The van der Waals surface area contributed by atoms with E-state index in [9.17, 15) is 14.3 Å². The molecule has 2 aliphatic rings. The maximum absolute atomic E-state index is 13.6. The molecule has 1 aliphatic heterocycles. The van der Waals surface area contributed by atoms with Crippen LogP contribution in [-0.4, -0.2) is 36.9 Å². The maximum Gasteiger partial charge on any atom is 0.230 e. The van der Waals surface area contributed by atoms with Gasteiger partial charge >= 0.3 is 0 Å². The molecule has 0 spiro atoms. The van der Waals surface area contributed by atoms with E-state index in [0.717, 1.165) is 19.3 Å². The molecule has 2 N–H and O–H groups in total. The van der Waals surface area contributed by atoms with Gasteiger partial charge < -0.3 is 15.2 Å². The summed E-state index contributed by atoms with van der Waals surface area (Å²) in [5.74, 6) is -0.277. The minimum atomic E-state index is -0.732. The van der Waals surface area contributed by atoms with Gasteiger partial charge in [0.1, 0.15) is 5.82 Å². The van der Waals surface area contributed by atoms with Crippen LogP contribution < -0.4 is 5.32 Å². The molecule has 1 saturated carbocycles. The van der Waals surface area contributed by atoms with Gasteiger partial charge in [0.25, 0.3) is 0 Å². The van der Waals surface area contributed by atoms with Crippen LogP contribution in [0.4, 0.5) is 4.39 Å². The number of aliphatic hydroxyl groups excluding tert-OH is 1. The molecular weight excluding hydrogens is 297 g/mol. The Kier molecular flexibility index (Phi) is 4.97. The summed E-state index contributed by atoms with van der Waals surface area (Å²) in [5, 5.41) is 12.9.